The molecule has 0 unspecified atom stereocenters. The van der Waals surface area contributed by atoms with E-state index in [-0.39, 0.29) is 0 Å². The van der Waals surface area contributed by atoms with Crippen LogP contribution in [0.3, 0.4) is 0 Å². The first-order chi connectivity index (χ1) is 6.20. The van der Waals surface area contributed by atoms with Crippen LogP contribution in [0.4, 0.5) is 0 Å². The summed E-state index contributed by atoms with van der Waals surface area (Å²) in [5.41, 5.74) is 1.95. The summed E-state index contributed by atoms with van der Waals surface area (Å²) in [5.74, 6) is 0. The molecular formula is C10H19ClN2. The van der Waals surface area contributed by atoms with Gasteiger partial charge in [0.05, 0.1) is 0 Å². The summed E-state index contributed by atoms with van der Waals surface area (Å²) in [5, 5.41) is 3.39. The first-order valence-corrected chi connectivity index (χ1v) is 5.30. The van der Waals surface area contributed by atoms with Crippen LogP contribution < -0.4 is 5.32 Å². The van der Waals surface area contributed by atoms with Crippen molar-refractivity contribution in [3.8, 4) is 0 Å². The fraction of sp³-hybridized carbons (Fsp3) is 0.800. The predicted octanol–water partition coefficient (Wildman–Crippen LogP) is 1.81. The Balaban J connectivity index is 2.30. The smallest absolute Gasteiger partial charge is 0.0174 e. The SMILES string of the molecule is CNC1(C)CCN(C/C=C/Cl)CC1. The zero-order chi connectivity index (χ0) is 9.73. The minimum absolute atomic E-state index is 0.348. The maximum absolute atomic E-state index is 5.48. The molecule has 1 N–H and O–H groups in total. The quantitative estimate of drug-likeness (QED) is 0.751. The highest BCUT2D eigenvalue weighted by Crippen LogP contribution is 2.20. The van der Waals surface area contributed by atoms with Crippen molar-refractivity contribution >= 4 is 11.6 Å². The Morgan fingerprint density at radius 3 is 2.54 bits per heavy atom. The molecule has 0 aromatic rings. The van der Waals surface area contributed by atoms with Gasteiger partial charge in [-0.2, -0.15) is 0 Å². The summed E-state index contributed by atoms with van der Waals surface area (Å²) >= 11 is 5.48. The van der Waals surface area contributed by atoms with E-state index >= 15 is 0 Å². The highest BCUT2D eigenvalue weighted by Gasteiger charge is 2.27. The number of nitrogens with one attached hydrogen (secondary N) is 1. The summed E-state index contributed by atoms with van der Waals surface area (Å²) in [6.45, 7) is 5.61. The molecule has 0 aromatic carbocycles. The van der Waals surface area contributed by atoms with E-state index in [1.165, 1.54) is 25.9 Å². The third-order valence-corrected chi connectivity index (χ3v) is 3.19. The minimum Gasteiger partial charge on any atom is -0.314 e. The Kier molecular flexibility index (Phi) is 4.23. The molecule has 1 rings (SSSR count). The Labute approximate surface area is 85.9 Å². The van der Waals surface area contributed by atoms with Gasteiger partial charge in [-0.25, -0.2) is 0 Å². The fourth-order valence-corrected chi connectivity index (χ4v) is 1.75. The van der Waals surface area contributed by atoms with E-state index < -0.39 is 0 Å². The third-order valence-electron chi connectivity index (χ3n) is 3.02. The molecule has 0 aromatic heterocycles. The molecule has 1 aliphatic heterocycles. The molecule has 0 saturated carbocycles. The number of hydrogen-bond donors (Lipinski definition) is 1. The van der Waals surface area contributed by atoms with Crippen molar-refractivity contribution in [2.75, 3.05) is 26.7 Å². The van der Waals surface area contributed by atoms with Gasteiger partial charge in [0.15, 0.2) is 0 Å². The van der Waals surface area contributed by atoms with Gasteiger partial charge in [-0.1, -0.05) is 17.7 Å². The number of piperidine rings is 1. The molecule has 1 saturated heterocycles. The van der Waals surface area contributed by atoms with E-state index in [4.69, 9.17) is 11.6 Å². The van der Waals surface area contributed by atoms with Gasteiger partial charge in [-0.3, -0.25) is 4.90 Å². The monoisotopic (exact) mass is 202 g/mol. The summed E-state index contributed by atoms with van der Waals surface area (Å²) in [4.78, 5) is 2.43. The molecule has 0 amide bonds. The topological polar surface area (TPSA) is 15.3 Å². The molecule has 76 valence electrons. The standard InChI is InChI=1S/C10H19ClN2/c1-10(12-2)4-8-13(9-5-10)7-3-6-11/h3,6,12H,4-5,7-9H2,1-2H3/b6-3+. The van der Waals surface area contributed by atoms with Gasteiger partial charge in [0, 0.05) is 30.7 Å². The van der Waals surface area contributed by atoms with Crippen LogP contribution in [-0.2, 0) is 0 Å². The molecule has 0 atom stereocenters. The number of hydrogen-bond acceptors (Lipinski definition) is 2. The van der Waals surface area contributed by atoms with Crippen LogP contribution in [0.15, 0.2) is 11.6 Å². The Morgan fingerprint density at radius 1 is 1.46 bits per heavy atom. The molecule has 2 nitrogen and oxygen atoms in total. The second-order valence-electron chi connectivity index (χ2n) is 3.97. The lowest BCUT2D eigenvalue weighted by atomic mass is 9.90. The van der Waals surface area contributed by atoms with Crippen molar-refractivity contribution in [3.63, 3.8) is 0 Å². The van der Waals surface area contributed by atoms with Crippen LogP contribution in [0.2, 0.25) is 0 Å². The lowest BCUT2D eigenvalue weighted by Crippen LogP contribution is -2.49. The lowest BCUT2D eigenvalue weighted by Gasteiger charge is -2.38. The normalized spacial score (nSPS) is 23.9. The van der Waals surface area contributed by atoms with Crippen molar-refractivity contribution in [1.29, 1.82) is 0 Å². The van der Waals surface area contributed by atoms with Crippen LogP contribution >= 0.6 is 11.6 Å². The maximum atomic E-state index is 5.48. The summed E-state index contributed by atoms with van der Waals surface area (Å²) in [6.07, 6.45) is 4.45. The maximum Gasteiger partial charge on any atom is 0.0174 e. The first-order valence-electron chi connectivity index (χ1n) is 4.87. The van der Waals surface area contributed by atoms with Crippen molar-refractivity contribution in [1.82, 2.24) is 10.2 Å². The highest BCUT2D eigenvalue weighted by atomic mass is 35.5. The predicted molar refractivity (Wildman–Crippen MR) is 58.1 cm³/mol. The van der Waals surface area contributed by atoms with E-state index in [1.54, 1.807) is 5.54 Å². The molecular weight excluding hydrogens is 184 g/mol. The molecule has 0 radical (unpaired) electrons. The van der Waals surface area contributed by atoms with Crippen LogP contribution in [-0.4, -0.2) is 37.1 Å². The first kappa shape index (κ1) is 11.0. The molecule has 1 aliphatic rings. The van der Waals surface area contributed by atoms with E-state index in [9.17, 15) is 0 Å². The Hall–Kier alpha value is -0.0500. The van der Waals surface area contributed by atoms with Gasteiger partial charge in [0.1, 0.15) is 0 Å². The van der Waals surface area contributed by atoms with Gasteiger partial charge in [-0.05, 0) is 26.8 Å². The summed E-state index contributed by atoms with van der Waals surface area (Å²) in [7, 11) is 2.05. The molecule has 13 heavy (non-hydrogen) atoms. The summed E-state index contributed by atoms with van der Waals surface area (Å²) in [6, 6.07) is 0. The summed E-state index contributed by atoms with van der Waals surface area (Å²) < 4.78 is 0. The molecule has 1 fully saturated rings. The number of nitrogens with zero attached hydrogens (tertiary/aromatic N) is 1. The molecule has 1 heterocycles. The zero-order valence-corrected chi connectivity index (χ0v) is 9.27. The molecule has 0 aliphatic carbocycles. The second kappa shape index (κ2) is 4.99. The Bertz CT molecular complexity index is 172. The largest absolute Gasteiger partial charge is 0.314 e. The van der Waals surface area contributed by atoms with Gasteiger partial charge in [-0.15, -0.1) is 0 Å². The number of halogens is 1. The number of rotatable bonds is 3. The van der Waals surface area contributed by atoms with Gasteiger partial charge in [0.25, 0.3) is 0 Å². The van der Waals surface area contributed by atoms with Gasteiger partial charge in [0.2, 0.25) is 0 Å². The van der Waals surface area contributed by atoms with Crippen molar-refractivity contribution in [2.24, 2.45) is 0 Å². The second-order valence-corrected chi connectivity index (χ2v) is 4.22. The highest BCUT2D eigenvalue weighted by molar-refractivity contribution is 6.25. The minimum atomic E-state index is 0.348. The molecule has 0 bridgehead atoms. The fourth-order valence-electron chi connectivity index (χ4n) is 1.67. The lowest BCUT2D eigenvalue weighted by molar-refractivity contribution is 0.164. The Morgan fingerprint density at radius 2 is 2.08 bits per heavy atom. The van der Waals surface area contributed by atoms with E-state index in [2.05, 4.69) is 17.1 Å². The average Bonchev–Trinajstić information content (AvgIpc) is 2.17. The van der Waals surface area contributed by atoms with Crippen molar-refractivity contribution in [3.05, 3.63) is 11.6 Å². The van der Waals surface area contributed by atoms with Crippen LogP contribution in [0.1, 0.15) is 19.8 Å². The number of likely N-dealkylation sites (tertiary alicyclic amines) is 1. The van der Waals surface area contributed by atoms with Crippen molar-refractivity contribution < 1.29 is 0 Å². The van der Waals surface area contributed by atoms with Gasteiger partial charge >= 0.3 is 0 Å². The van der Waals surface area contributed by atoms with E-state index in [1.807, 2.05) is 13.1 Å². The zero-order valence-electron chi connectivity index (χ0n) is 8.52. The van der Waals surface area contributed by atoms with Crippen LogP contribution in [0.5, 0.6) is 0 Å². The van der Waals surface area contributed by atoms with Gasteiger partial charge < -0.3 is 5.32 Å². The molecule has 3 heteroatoms. The van der Waals surface area contributed by atoms with Crippen LogP contribution in [0.25, 0.3) is 0 Å². The van der Waals surface area contributed by atoms with Crippen LogP contribution in [0, 0.1) is 0 Å². The van der Waals surface area contributed by atoms with E-state index in [0.717, 1.165) is 6.54 Å². The van der Waals surface area contributed by atoms with E-state index in [0.29, 0.717) is 5.54 Å². The molecule has 0 spiro atoms. The average molecular weight is 203 g/mol. The third kappa shape index (κ3) is 3.29. The van der Waals surface area contributed by atoms with Crippen molar-refractivity contribution in [2.45, 2.75) is 25.3 Å².